The molecule has 0 radical (unpaired) electrons. The molecule has 1 amide bonds. The van der Waals surface area contributed by atoms with Gasteiger partial charge < -0.3 is 15.5 Å². The summed E-state index contributed by atoms with van der Waals surface area (Å²) in [6, 6.07) is 4.66. The molecule has 4 rings (SSSR count). The first-order valence-corrected chi connectivity index (χ1v) is 12.4. The molecule has 2 aliphatic rings. The molecule has 2 fully saturated rings. The van der Waals surface area contributed by atoms with Gasteiger partial charge in [-0.15, -0.1) is 0 Å². The van der Waals surface area contributed by atoms with E-state index >= 15 is 0 Å². The van der Waals surface area contributed by atoms with E-state index in [0.717, 1.165) is 31.1 Å². The van der Waals surface area contributed by atoms with E-state index in [-0.39, 0.29) is 29.7 Å². The molecule has 2 aromatic rings. The number of hydrogen-bond donors (Lipinski definition) is 2. The monoisotopic (exact) mass is 492 g/mol. The predicted molar refractivity (Wildman–Crippen MR) is 130 cm³/mol. The van der Waals surface area contributed by atoms with Gasteiger partial charge in [-0.25, -0.2) is 9.97 Å². The minimum absolute atomic E-state index is 0.0626. The average molecular weight is 493 g/mol. The maximum atomic E-state index is 13.1. The van der Waals surface area contributed by atoms with Crippen LogP contribution in [0.1, 0.15) is 44.6 Å². The minimum Gasteiger partial charge on any atom is -0.360 e. The molecule has 1 aromatic heterocycles. The summed E-state index contributed by atoms with van der Waals surface area (Å²) >= 11 is 0. The van der Waals surface area contributed by atoms with Crippen LogP contribution >= 0.6 is 0 Å². The molecule has 0 spiro atoms. The lowest BCUT2D eigenvalue weighted by atomic mass is 9.79. The molecule has 7 nitrogen and oxygen atoms in total. The number of likely N-dealkylation sites (tertiary alicyclic amines) is 1. The summed E-state index contributed by atoms with van der Waals surface area (Å²) in [5, 5.41) is 6.13. The number of hydrogen-bond acceptors (Lipinski definition) is 6. The van der Waals surface area contributed by atoms with Gasteiger partial charge in [0.15, 0.2) is 0 Å². The van der Waals surface area contributed by atoms with Gasteiger partial charge in [-0.05, 0) is 70.3 Å². The lowest BCUT2D eigenvalue weighted by Crippen LogP contribution is -2.63. The van der Waals surface area contributed by atoms with Crippen LogP contribution < -0.4 is 10.6 Å². The van der Waals surface area contributed by atoms with E-state index in [1.165, 1.54) is 44.5 Å². The van der Waals surface area contributed by atoms with Crippen LogP contribution in [0, 0.1) is 5.92 Å². The highest BCUT2D eigenvalue weighted by Gasteiger charge is 2.36. The number of nitrogens with zero attached hydrogens (tertiary/aromatic N) is 4. The summed E-state index contributed by atoms with van der Waals surface area (Å²) in [6.07, 6.45) is 2.91. The van der Waals surface area contributed by atoms with E-state index in [4.69, 9.17) is 0 Å². The highest BCUT2D eigenvalue weighted by molar-refractivity contribution is 5.91. The Labute approximate surface area is 204 Å². The average Bonchev–Trinajstić information content (AvgIpc) is 2.79. The number of aromatic nitrogens is 2. The Hall–Kier alpha value is -2.46. The number of carbonyl (C=O) groups excluding carboxylic acids is 1. The fourth-order valence-corrected chi connectivity index (χ4v) is 5.69. The van der Waals surface area contributed by atoms with E-state index in [2.05, 4.69) is 51.4 Å². The van der Waals surface area contributed by atoms with Crippen LogP contribution in [0.5, 0.6) is 0 Å². The number of benzene rings is 1. The topological polar surface area (TPSA) is 73.4 Å². The Kier molecular flexibility index (Phi) is 7.80. The number of rotatable bonds is 8. The van der Waals surface area contributed by atoms with Crippen molar-refractivity contribution in [1.29, 1.82) is 0 Å². The number of carbonyl (C=O) groups is 1. The molecular formula is C25H35F3N6O. The highest BCUT2D eigenvalue weighted by Crippen LogP contribution is 2.34. The first kappa shape index (κ1) is 25.6. The van der Waals surface area contributed by atoms with Gasteiger partial charge in [-0.3, -0.25) is 9.69 Å². The van der Waals surface area contributed by atoms with Crippen molar-refractivity contribution >= 4 is 22.6 Å². The second-order valence-electron chi connectivity index (χ2n) is 10.0. The third kappa shape index (κ3) is 6.03. The molecule has 0 bridgehead atoms. The summed E-state index contributed by atoms with van der Waals surface area (Å²) in [5.74, 6) is 0.777. The van der Waals surface area contributed by atoms with Crippen LogP contribution in [0.15, 0.2) is 24.5 Å². The Balaban J connectivity index is 1.23. The maximum absolute atomic E-state index is 13.1. The quantitative estimate of drug-likeness (QED) is 0.585. The first-order chi connectivity index (χ1) is 16.7. The molecule has 1 aromatic carbocycles. The van der Waals surface area contributed by atoms with Crippen LogP contribution in [0.3, 0.4) is 0 Å². The molecule has 192 valence electrons. The maximum Gasteiger partial charge on any atom is 0.416 e. The number of fused-ring (bicyclic) bond motifs is 1. The smallest absolute Gasteiger partial charge is 0.360 e. The number of nitrogens with one attached hydrogen (secondary N) is 2. The van der Waals surface area contributed by atoms with Crippen LogP contribution in [-0.2, 0) is 11.0 Å². The van der Waals surface area contributed by atoms with Crippen molar-refractivity contribution in [2.75, 3.05) is 39.0 Å². The molecule has 2 heterocycles. The van der Waals surface area contributed by atoms with Gasteiger partial charge in [0, 0.05) is 30.6 Å². The summed E-state index contributed by atoms with van der Waals surface area (Å²) in [5.41, 5.74) is -0.390. The Morgan fingerprint density at radius 2 is 1.89 bits per heavy atom. The summed E-state index contributed by atoms with van der Waals surface area (Å²) in [4.78, 5) is 25.3. The SMILES string of the molecule is CC[C@H](C1CCC(N2CC(NC(=O)CNc3ncnc4ccc(C(F)(F)F)cc34)C2)CC1)N(C)C. The Morgan fingerprint density at radius 3 is 2.51 bits per heavy atom. The zero-order valence-corrected chi connectivity index (χ0v) is 20.6. The van der Waals surface area contributed by atoms with Crippen molar-refractivity contribution in [3.63, 3.8) is 0 Å². The van der Waals surface area contributed by atoms with E-state index in [0.29, 0.717) is 17.6 Å². The lowest BCUT2D eigenvalue weighted by molar-refractivity contribution is -0.137. The molecule has 1 aliphatic carbocycles. The van der Waals surface area contributed by atoms with Crippen molar-refractivity contribution in [2.45, 2.75) is 63.3 Å². The molecular weight excluding hydrogens is 457 g/mol. The van der Waals surface area contributed by atoms with Crippen molar-refractivity contribution < 1.29 is 18.0 Å². The largest absolute Gasteiger partial charge is 0.416 e. The third-order valence-corrected chi connectivity index (χ3v) is 7.54. The number of amides is 1. The molecule has 2 N–H and O–H groups in total. The van der Waals surface area contributed by atoms with Crippen LogP contribution in [-0.4, -0.2) is 77.5 Å². The van der Waals surface area contributed by atoms with Gasteiger partial charge in [0.25, 0.3) is 0 Å². The third-order valence-electron chi connectivity index (χ3n) is 7.54. The van der Waals surface area contributed by atoms with Crippen LogP contribution in [0.25, 0.3) is 10.9 Å². The van der Waals surface area contributed by atoms with Gasteiger partial charge in [0.05, 0.1) is 23.7 Å². The fourth-order valence-electron chi connectivity index (χ4n) is 5.69. The zero-order chi connectivity index (χ0) is 25.2. The molecule has 0 unspecified atom stereocenters. The van der Waals surface area contributed by atoms with Crippen molar-refractivity contribution in [2.24, 2.45) is 5.92 Å². The van der Waals surface area contributed by atoms with Gasteiger partial charge >= 0.3 is 6.18 Å². The number of anilines is 1. The first-order valence-electron chi connectivity index (χ1n) is 12.4. The van der Waals surface area contributed by atoms with E-state index in [1.54, 1.807) is 0 Å². The molecule has 10 heteroatoms. The molecule has 35 heavy (non-hydrogen) atoms. The summed E-state index contributed by atoms with van der Waals surface area (Å²) in [6.45, 7) is 3.89. The number of halogens is 3. The summed E-state index contributed by atoms with van der Waals surface area (Å²) < 4.78 is 39.3. The van der Waals surface area contributed by atoms with E-state index in [1.807, 2.05) is 0 Å². The van der Waals surface area contributed by atoms with E-state index in [9.17, 15) is 18.0 Å². The molecule has 1 saturated heterocycles. The van der Waals surface area contributed by atoms with Crippen LogP contribution in [0.4, 0.5) is 19.0 Å². The van der Waals surface area contributed by atoms with Gasteiger partial charge in [0.2, 0.25) is 5.91 Å². The minimum atomic E-state index is -4.46. The van der Waals surface area contributed by atoms with Gasteiger partial charge in [0.1, 0.15) is 12.1 Å². The van der Waals surface area contributed by atoms with Crippen molar-refractivity contribution in [3.05, 3.63) is 30.1 Å². The second kappa shape index (κ2) is 10.7. The molecule has 1 saturated carbocycles. The number of alkyl halides is 3. The molecule has 1 aliphatic heterocycles. The summed E-state index contributed by atoms with van der Waals surface area (Å²) in [7, 11) is 4.34. The zero-order valence-electron chi connectivity index (χ0n) is 20.6. The normalized spacial score (nSPS) is 22.7. The van der Waals surface area contributed by atoms with Crippen molar-refractivity contribution in [1.82, 2.24) is 25.1 Å². The molecule has 1 atom stereocenters. The van der Waals surface area contributed by atoms with Crippen LogP contribution in [0.2, 0.25) is 0 Å². The Bertz CT molecular complexity index is 1020. The lowest BCUT2D eigenvalue weighted by Gasteiger charge is -2.47. The predicted octanol–water partition coefficient (Wildman–Crippen LogP) is 3.76. The van der Waals surface area contributed by atoms with Gasteiger partial charge in [-0.2, -0.15) is 13.2 Å². The fraction of sp³-hybridized carbons (Fsp3) is 0.640. The Morgan fingerprint density at radius 1 is 1.17 bits per heavy atom. The highest BCUT2D eigenvalue weighted by atomic mass is 19.4. The van der Waals surface area contributed by atoms with E-state index < -0.39 is 11.7 Å². The van der Waals surface area contributed by atoms with Gasteiger partial charge in [-0.1, -0.05) is 6.92 Å². The van der Waals surface area contributed by atoms with Crippen molar-refractivity contribution in [3.8, 4) is 0 Å². The standard InChI is InChI=1S/C25H35F3N6O/c1-4-22(33(2)3)16-5-8-19(9-6-16)34-13-18(14-34)32-23(35)12-29-24-20-11-17(25(26,27)28)7-10-21(20)30-15-31-24/h7,10-11,15-16,18-19,22H,4-6,8-9,12-14H2,1-3H3,(H,32,35)(H,29,30,31)/t16?,19?,22-/m1/s1. The second-order valence-corrected chi connectivity index (χ2v) is 10.0.